The molecule has 6 nitrogen and oxygen atoms in total. The fourth-order valence-electron chi connectivity index (χ4n) is 2.91. The smallest absolute Gasteiger partial charge is 0.344 e. The molecule has 0 saturated carbocycles. The van der Waals surface area contributed by atoms with Crippen LogP contribution in [0.25, 0.3) is 22.6 Å². The van der Waals surface area contributed by atoms with Crippen molar-refractivity contribution in [1.29, 1.82) is 0 Å². The molecular formula is C24H19FN2O4. The number of hydrogen-bond acceptors (Lipinski definition) is 6. The lowest BCUT2D eigenvalue weighted by Gasteiger charge is -2.11. The molecule has 0 aliphatic carbocycles. The first-order valence-corrected chi connectivity index (χ1v) is 9.65. The van der Waals surface area contributed by atoms with Crippen molar-refractivity contribution >= 4 is 5.97 Å². The van der Waals surface area contributed by atoms with Gasteiger partial charge in [0.1, 0.15) is 11.6 Å². The summed E-state index contributed by atoms with van der Waals surface area (Å²) < 4.78 is 29.4. The number of ether oxygens (including phenoxy) is 2. The lowest BCUT2D eigenvalue weighted by atomic mass is 10.1. The SMILES string of the molecule is C[C@H](OC(=O)COc1ccc(-c2ccccc2)cc1)c1nnc(-c2ccc(F)cc2)o1. The molecule has 0 aliphatic rings. The number of esters is 1. The maximum atomic E-state index is 13.0. The molecule has 7 heteroatoms. The Hall–Kier alpha value is -4.00. The summed E-state index contributed by atoms with van der Waals surface area (Å²) in [4.78, 5) is 12.1. The van der Waals surface area contributed by atoms with Gasteiger partial charge in [-0.3, -0.25) is 0 Å². The molecule has 0 aliphatic heterocycles. The maximum absolute atomic E-state index is 13.0. The zero-order chi connectivity index (χ0) is 21.6. The Morgan fingerprint density at radius 1 is 0.903 bits per heavy atom. The monoisotopic (exact) mass is 418 g/mol. The minimum atomic E-state index is -0.752. The molecule has 1 heterocycles. The molecule has 0 N–H and O–H groups in total. The van der Waals surface area contributed by atoms with Gasteiger partial charge < -0.3 is 13.9 Å². The Labute approximate surface area is 178 Å². The molecule has 3 aromatic carbocycles. The first kappa shape index (κ1) is 20.3. The summed E-state index contributed by atoms with van der Waals surface area (Å²) in [5.41, 5.74) is 2.72. The number of hydrogen-bond donors (Lipinski definition) is 0. The van der Waals surface area contributed by atoms with E-state index in [2.05, 4.69) is 10.2 Å². The average molecular weight is 418 g/mol. The molecule has 0 unspecified atom stereocenters. The van der Waals surface area contributed by atoms with Gasteiger partial charge in [-0.2, -0.15) is 0 Å². The van der Waals surface area contributed by atoms with E-state index < -0.39 is 12.1 Å². The van der Waals surface area contributed by atoms with E-state index in [-0.39, 0.29) is 24.2 Å². The van der Waals surface area contributed by atoms with Crippen molar-refractivity contribution in [3.63, 3.8) is 0 Å². The van der Waals surface area contributed by atoms with Crippen molar-refractivity contribution in [2.75, 3.05) is 6.61 Å². The van der Waals surface area contributed by atoms with Crippen LogP contribution in [0.1, 0.15) is 18.9 Å². The summed E-state index contributed by atoms with van der Waals surface area (Å²) in [5, 5.41) is 7.81. The van der Waals surface area contributed by atoms with Crippen LogP contribution in [0.5, 0.6) is 5.75 Å². The summed E-state index contributed by atoms with van der Waals surface area (Å²) in [6.07, 6.45) is -0.752. The quantitative estimate of drug-likeness (QED) is 0.383. The molecule has 1 atom stereocenters. The highest BCUT2D eigenvalue weighted by Gasteiger charge is 2.19. The van der Waals surface area contributed by atoms with Crippen LogP contribution < -0.4 is 4.74 Å². The minimum Gasteiger partial charge on any atom is -0.482 e. The molecule has 0 amide bonds. The first-order chi connectivity index (χ1) is 15.1. The molecule has 156 valence electrons. The van der Waals surface area contributed by atoms with Crippen molar-refractivity contribution in [2.24, 2.45) is 0 Å². The number of benzene rings is 3. The topological polar surface area (TPSA) is 74.5 Å². The van der Waals surface area contributed by atoms with Gasteiger partial charge in [0.25, 0.3) is 5.89 Å². The zero-order valence-electron chi connectivity index (χ0n) is 16.7. The second-order valence-corrected chi connectivity index (χ2v) is 6.76. The number of aromatic nitrogens is 2. The Balaban J connectivity index is 1.30. The van der Waals surface area contributed by atoms with Crippen LogP contribution in [0.2, 0.25) is 0 Å². The molecule has 4 rings (SSSR count). The predicted octanol–water partition coefficient (Wildman–Crippen LogP) is 5.23. The van der Waals surface area contributed by atoms with E-state index in [0.29, 0.717) is 11.3 Å². The maximum Gasteiger partial charge on any atom is 0.344 e. The van der Waals surface area contributed by atoms with E-state index in [1.807, 2.05) is 42.5 Å². The van der Waals surface area contributed by atoms with Crippen molar-refractivity contribution in [2.45, 2.75) is 13.0 Å². The summed E-state index contributed by atoms with van der Waals surface area (Å²) in [5.74, 6) is -0.0186. The zero-order valence-corrected chi connectivity index (χ0v) is 16.7. The van der Waals surface area contributed by atoms with Crippen LogP contribution in [0.15, 0.2) is 83.3 Å². The van der Waals surface area contributed by atoms with Crippen LogP contribution in [0.3, 0.4) is 0 Å². The first-order valence-electron chi connectivity index (χ1n) is 9.65. The summed E-state index contributed by atoms with van der Waals surface area (Å²) >= 11 is 0. The van der Waals surface area contributed by atoms with Crippen molar-refractivity contribution in [3.8, 4) is 28.3 Å². The Kier molecular flexibility index (Phi) is 6.03. The van der Waals surface area contributed by atoms with E-state index >= 15 is 0 Å². The highest BCUT2D eigenvalue weighted by molar-refractivity contribution is 5.71. The summed E-state index contributed by atoms with van der Waals surface area (Å²) in [6.45, 7) is 1.36. The third-order valence-corrected chi connectivity index (χ3v) is 4.51. The van der Waals surface area contributed by atoms with Crippen LogP contribution in [0, 0.1) is 5.82 Å². The number of rotatable bonds is 7. The van der Waals surface area contributed by atoms with Gasteiger partial charge in [0.2, 0.25) is 5.89 Å². The number of carbonyl (C=O) groups is 1. The van der Waals surface area contributed by atoms with Crippen LogP contribution >= 0.6 is 0 Å². The molecule has 0 saturated heterocycles. The summed E-state index contributed by atoms with van der Waals surface area (Å²) in [7, 11) is 0. The van der Waals surface area contributed by atoms with Gasteiger partial charge in [-0.1, -0.05) is 42.5 Å². The van der Waals surface area contributed by atoms with Gasteiger partial charge in [-0.05, 0) is 54.4 Å². The molecule has 0 radical (unpaired) electrons. The summed E-state index contributed by atoms with van der Waals surface area (Å²) in [6, 6.07) is 23.1. The Bertz CT molecular complexity index is 1140. The third kappa shape index (κ3) is 5.14. The van der Waals surface area contributed by atoms with Gasteiger partial charge in [0, 0.05) is 5.56 Å². The van der Waals surface area contributed by atoms with E-state index in [9.17, 15) is 9.18 Å². The number of nitrogens with zero attached hydrogens (tertiary/aromatic N) is 2. The standard InChI is InChI=1S/C24H19FN2O4/c1-16(23-26-27-24(31-23)19-7-11-20(25)12-8-19)30-22(28)15-29-21-13-9-18(10-14-21)17-5-3-2-4-6-17/h2-14,16H,15H2,1H3/t16-/m0/s1. The molecule has 4 aromatic rings. The van der Waals surface area contributed by atoms with E-state index in [1.54, 1.807) is 19.1 Å². The molecule has 0 fully saturated rings. The normalized spacial score (nSPS) is 11.7. The Morgan fingerprint density at radius 2 is 1.55 bits per heavy atom. The van der Waals surface area contributed by atoms with E-state index in [1.165, 1.54) is 24.3 Å². The number of carbonyl (C=O) groups excluding carboxylic acids is 1. The van der Waals surface area contributed by atoms with Crippen LogP contribution in [-0.2, 0) is 9.53 Å². The largest absolute Gasteiger partial charge is 0.482 e. The van der Waals surface area contributed by atoms with Gasteiger partial charge in [0.05, 0.1) is 0 Å². The van der Waals surface area contributed by atoms with E-state index in [0.717, 1.165) is 11.1 Å². The lowest BCUT2D eigenvalue weighted by Crippen LogP contribution is -2.17. The van der Waals surface area contributed by atoms with Crippen LogP contribution in [0.4, 0.5) is 4.39 Å². The van der Waals surface area contributed by atoms with Crippen molar-refractivity contribution in [3.05, 3.63) is 90.6 Å². The Morgan fingerprint density at radius 3 is 2.26 bits per heavy atom. The van der Waals surface area contributed by atoms with Crippen LogP contribution in [-0.4, -0.2) is 22.8 Å². The lowest BCUT2D eigenvalue weighted by molar-refractivity contribution is -0.152. The highest BCUT2D eigenvalue weighted by Crippen LogP contribution is 2.24. The fraction of sp³-hybridized carbons (Fsp3) is 0.125. The number of halogens is 1. The molecule has 31 heavy (non-hydrogen) atoms. The fourth-order valence-corrected chi connectivity index (χ4v) is 2.91. The second kappa shape index (κ2) is 9.21. The predicted molar refractivity (Wildman–Crippen MR) is 112 cm³/mol. The highest BCUT2D eigenvalue weighted by atomic mass is 19.1. The molecular weight excluding hydrogens is 399 g/mol. The van der Waals surface area contributed by atoms with Crippen molar-refractivity contribution < 1.29 is 23.1 Å². The van der Waals surface area contributed by atoms with Crippen molar-refractivity contribution in [1.82, 2.24) is 10.2 Å². The molecule has 1 aromatic heterocycles. The average Bonchev–Trinajstić information content (AvgIpc) is 3.30. The van der Waals surface area contributed by atoms with Gasteiger partial charge >= 0.3 is 5.97 Å². The van der Waals surface area contributed by atoms with E-state index in [4.69, 9.17) is 13.9 Å². The van der Waals surface area contributed by atoms with Gasteiger partial charge in [-0.25, -0.2) is 9.18 Å². The van der Waals surface area contributed by atoms with Gasteiger partial charge in [0.15, 0.2) is 12.7 Å². The van der Waals surface area contributed by atoms with Gasteiger partial charge in [-0.15, -0.1) is 10.2 Å². The molecule has 0 spiro atoms. The second-order valence-electron chi connectivity index (χ2n) is 6.76. The third-order valence-electron chi connectivity index (χ3n) is 4.51. The molecule has 0 bridgehead atoms. The minimum absolute atomic E-state index is 0.139.